The number of benzene rings is 2. The van der Waals surface area contributed by atoms with E-state index in [1.165, 1.54) is 24.3 Å². The third-order valence-electron chi connectivity index (χ3n) is 9.15. The average molecular weight is 561 g/mol. The second kappa shape index (κ2) is 8.72. The van der Waals surface area contributed by atoms with E-state index < -0.39 is 94.3 Å². The molecule has 2 saturated carbocycles. The Bertz CT molecular complexity index is 1610. The monoisotopic (exact) mass is 560 g/mol. The molecule has 4 aliphatic rings. The van der Waals surface area contributed by atoms with E-state index in [0.717, 1.165) is 4.90 Å². The quantitative estimate of drug-likeness (QED) is 0.283. The van der Waals surface area contributed by atoms with Gasteiger partial charge in [0.05, 0.1) is 35.3 Å². The van der Waals surface area contributed by atoms with Gasteiger partial charge < -0.3 is 21.1 Å². The molecule has 2 unspecified atom stereocenters. The van der Waals surface area contributed by atoms with Crippen molar-refractivity contribution in [3.8, 4) is 5.75 Å². The maximum atomic E-state index is 13.9. The minimum Gasteiger partial charge on any atom is -0.507 e. The fourth-order valence-electron chi connectivity index (χ4n) is 7.08. The average Bonchev–Trinajstić information content (AvgIpc) is 3.16. The van der Waals surface area contributed by atoms with Crippen molar-refractivity contribution >= 4 is 40.9 Å². The molecular formula is C29H24N2O10. The van der Waals surface area contributed by atoms with Gasteiger partial charge in [-0.05, 0) is 23.6 Å². The van der Waals surface area contributed by atoms with Crippen LogP contribution >= 0.6 is 0 Å². The molecule has 12 nitrogen and oxygen atoms in total. The number of hydrogen-bond acceptors (Lipinski definition) is 10. The van der Waals surface area contributed by atoms with Gasteiger partial charge in [-0.3, -0.25) is 38.5 Å². The number of phenolic OH excluding ortho intramolecular Hbond substituents is 1. The van der Waals surface area contributed by atoms with Crippen molar-refractivity contribution in [3.63, 3.8) is 0 Å². The van der Waals surface area contributed by atoms with Gasteiger partial charge in [-0.25, -0.2) is 0 Å². The Labute approximate surface area is 231 Å². The standard InChI is InChI=1S/C29H24N2O10/c1-10-12-7-6-11(9-31-27(39)13-4-2-3-5-14(13)28(31)40)21(33)18(12)23(35)20-17(10)22(34)15-8-16(32)19(26(30)38)24(36)29(15,41)25(20)37/h2-7,10,15,17,19-20,22,33-34,41H,8-9H2,1H3,(H2,30,38)/t10-,15+,17+,19?,20?,22+,29+/m0/s1. The number of nitrogens with zero attached hydrogens (tertiary/aromatic N) is 1. The van der Waals surface area contributed by atoms with Gasteiger partial charge in [-0.2, -0.15) is 0 Å². The van der Waals surface area contributed by atoms with Gasteiger partial charge in [-0.1, -0.05) is 31.2 Å². The number of ketones is 4. The normalized spacial score (nSPS) is 32.4. The Morgan fingerprint density at radius 3 is 2.20 bits per heavy atom. The lowest BCUT2D eigenvalue weighted by Gasteiger charge is -2.52. The van der Waals surface area contributed by atoms with Crippen LogP contribution in [0.3, 0.4) is 0 Å². The molecule has 12 heteroatoms. The van der Waals surface area contributed by atoms with Crippen LogP contribution in [0.2, 0.25) is 0 Å². The summed E-state index contributed by atoms with van der Waals surface area (Å²) in [6.07, 6.45) is -2.35. The highest BCUT2D eigenvalue weighted by Gasteiger charge is 2.69. The molecule has 5 N–H and O–H groups in total. The summed E-state index contributed by atoms with van der Waals surface area (Å²) < 4.78 is 0. The van der Waals surface area contributed by atoms with E-state index in [1.807, 2.05) is 0 Å². The molecular weight excluding hydrogens is 536 g/mol. The second-order valence-electron chi connectivity index (χ2n) is 11.1. The molecule has 41 heavy (non-hydrogen) atoms. The molecule has 1 heterocycles. The van der Waals surface area contributed by atoms with Gasteiger partial charge in [0.2, 0.25) is 5.91 Å². The third-order valence-corrected chi connectivity index (χ3v) is 9.15. The van der Waals surface area contributed by atoms with Crippen LogP contribution in [0.4, 0.5) is 0 Å². The highest BCUT2D eigenvalue weighted by atomic mass is 16.3. The lowest BCUT2D eigenvalue weighted by atomic mass is 9.50. The minimum atomic E-state index is -3.02. The van der Waals surface area contributed by atoms with Crippen molar-refractivity contribution in [2.24, 2.45) is 29.4 Å². The van der Waals surface area contributed by atoms with Crippen molar-refractivity contribution in [1.82, 2.24) is 4.90 Å². The van der Waals surface area contributed by atoms with Crippen molar-refractivity contribution in [3.05, 3.63) is 64.2 Å². The smallest absolute Gasteiger partial charge is 0.261 e. The summed E-state index contributed by atoms with van der Waals surface area (Å²) in [5.41, 5.74) is 2.54. The number of rotatable bonds is 3. The van der Waals surface area contributed by atoms with Crippen LogP contribution in [0.1, 0.15) is 61.5 Å². The lowest BCUT2D eigenvalue weighted by molar-refractivity contribution is -0.189. The lowest BCUT2D eigenvalue weighted by Crippen LogP contribution is -2.72. The number of carbonyl (C=O) groups is 7. The van der Waals surface area contributed by atoms with Gasteiger partial charge in [0.25, 0.3) is 11.8 Å². The number of imide groups is 1. The van der Waals surface area contributed by atoms with Gasteiger partial charge >= 0.3 is 0 Å². The van der Waals surface area contributed by atoms with Gasteiger partial charge in [0.1, 0.15) is 5.75 Å². The van der Waals surface area contributed by atoms with Crippen molar-refractivity contribution < 1.29 is 48.9 Å². The van der Waals surface area contributed by atoms with Crippen LogP contribution in [-0.4, -0.2) is 72.8 Å². The Kier molecular flexibility index (Phi) is 5.67. The number of aliphatic hydroxyl groups is 2. The van der Waals surface area contributed by atoms with Crippen LogP contribution in [0, 0.1) is 23.7 Å². The molecule has 2 aromatic rings. The van der Waals surface area contributed by atoms with Crippen LogP contribution in [0.5, 0.6) is 5.75 Å². The SMILES string of the molecule is C[C@H]1c2ccc(CN3C(=O)c4ccccc4C3=O)c(O)c2C(=O)C2C(=O)[C@]3(O)C(=O)C(C(N)=O)C(=O)C[C@@H]3[C@@H](O)[C@@H]21. The molecule has 0 bridgehead atoms. The zero-order valence-corrected chi connectivity index (χ0v) is 21.6. The summed E-state index contributed by atoms with van der Waals surface area (Å²) in [6, 6.07) is 9.11. The minimum absolute atomic E-state index is 0.0331. The number of amides is 3. The second-order valence-corrected chi connectivity index (χ2v) is 11.1. The zero-order valence-electron chi connectivity index (χ0n) is 21.6. The van der Waals surface area contributed by atoms with Gasteiger partial charge in [0.15, 0.2) is 34.7 Å². The topological polar surface area (TPSA) is 209 Å². The largest absolute Gasteiger partial charge is 0.507 e. The first-order valence-corrected chi connectivity index (χ1v) is 13.0. The summed E-state index contributed by atoms with van der Waals surface area (Å²) in [5, 5.41) is 33.9. The number of fused-ring (bicyclic) bond motifs is 4. The number of Topliss-reactive ketones (excluding diaryl/α,β-unsaturated/α-hetero) is 4. The zero-order chi connectivity index (χ0) is 29.7. The summed E-state index contributed by atoms with van der Waals surface area (Å²) in [7, 11) is 0. The molecule has 3 amide bonds. The molecule has 1 aliphatic heterocycles. The third kappa shape index (κ3) is 3.31. The van der Waals surface area contributed by atoms with E-state index in [1.54, 1.807) is 19.1 Å². The Morgan fingerprint density at radius 1 is 1.00 bits per heavy atom. The maximum Gasteiger partial charge on any atom is 0.261 e. The molecule has 6 rings (SSSR count). The van der Waals surface area contributed by atoms with Gasteiger partial charge in [-0.15, -0.1) is 0 Å². The predicted octanol–water partition coefficient (Wildman–Crippen LogP) is -0.345. The number of nitrogens with two attached hydrogens (primary N) is 1. The van der Waals surface area contributed by atoms with E-state index in [9.17, 15) is 48.9 Å². The first kappa shape index (κ1) is 26.7. The van der Waals surface area contributed by atoms with E-state index in [2.05, 4.69) is 0 Å². The van der Waals surface area contributed by atoms with Crippen LogP contribution in [-0.2, 0) is 25.7 Å². The number of primary amides is 1. The van der Waals surface area contributed by atoms with E-state index >= 15 is 0 Å². The first-order chi connectivity index (χ1) is 19.3. The number of aromatic hydroxyl groups is 1. The first-order valence-electron chi connectivity index (χ1n) is 13.0. The number of carbonyl (C=O) groups excluding carboxylic acids is 7. The molecule has 0 saturated heterocycles. The molecule has 0 spiro atoms. The number of phenols is 1. The fraction of sp³-hybridized carbons (Fsp3) is 0.345. The van der Waals surface area contributed by atoms with E-state index in [4.69, 9.17) is 5.73 Å². The molecule has 7 atom stereocenters. The van der Waals surface area contributed by atoms with E-state index in [-0.39, 0.29) is 34.4 Å². The highest BCUT2D eigenvalue weighted by Crippen LogP contribution is 2.54. The fourth-order valence-corrected chi connectivity index (χ4v) is 7.08. The summed E-state index contributed by atoms with van der Waals surface area (Å²) in [6.45, 7) is 1.20. The predicted molar refractivity (Wildman–Crippen MR) is 135 cm³/mol. The van der Waals surface area contributed by atoms with Crippen molar-refractivity contribution in [1.29, 1.82) is 0 Å². The van der Waals surface area contributed by atoms with Crippen LogP contribution in [0.15, 0.2) is 36.4 Å². The van der Waals surface area contributed by atoms with Gasteiger partial charge in [0, 0.05) is 23.8 Å². The Morgan fingerprint density at radius 2 is 1.61 bits per heavy atom. The number of aliphatic hydroxyl groups excluding tert-OH is 1. The number of hydrogen-bond donors (Lipinski definition) is 4. The van der Waals surface area contributed by atoms with Crippen LogP contribution < -0.4 is 5.73 Å². The van der Waals surface area contributed by atoms with Crippen molar-refractivity contribution in [2.75, 3.05) is 0 Å². The van der Waals surface area contributed by atoms with Crippen molar-refractivity contribution in [2.45, 2.75) is 37.5 Å². The van der Waals surface area contributed by atoms with Crippen LogP contribution in [0.25, 0.3) is 0 Å². The molecule has 210 valence electrons. The Hall–Kier alpha value is -4.55. The molecule has 2 fully saturated rings. The summed E-state index contributed by atoms with van der Waals surface area (Å²) in [5.74, 6) is -15.2. The Balaban J connectivity index is 1.40. The maximum absolute atomic E-state index is 13.9. The van der Waals surface area contributed by atoms with E-state index in [0.29, 0.717) is 0 Å². The molecule has 2 aromatic carbocycles. The molecule has 0 aromatic heterocycles. The summed E-state index contributed by atoms with van der Waals surface area (Å²) in [4.78, 5) is 91.7. The molecule has 0 radical (unpaired) electrons. The molecule has 3 aliphatic carbocycles. The summed E-state index contributed by atoms with van der Waals surface area (Å²) >= 11 is 0. The highest BCUT2D eigenvalue weighted by molar-refractivity contribution is 6.31.